The third-order valence-electron chi connectivity index (χ3n) is 4.37. The molecule has 114 valence electrons. The molecule has 0 heterocycles. The summed E-state index contributed by atoms with van der Waals surface area (Å²) < 4.78 is 12.1. The molecule has 1 fully saturated rings. The second-order valence-corrected chi connectivity index (χ2v) is 6.24. The zero-order valence-electron chi connectivity index (χ0n) is 12.9. The molecule has 1 aromatic rings. The fraction of sp³-hybridized carbons (Fsp3) is 0.562. The van der Waals surface area contributed by atoms with Crippen LogP contribution in [-0.2, 0) is 10.3 Å². The number of ether oxygens (including phenoxy) is 2. The number of halogens is 1. The van der Waals surface area contributed by atoms with Gasteiger partial charge in [0.25, 0.3) is 0 Å². The average molecular weight is 354 g/mol. The van der Waals surface area contributed by atoms with Gasteiger partial charge >= 0.3 is 0 Å². The van der Waals surface area contributed by atoms with E-state index < -0.39 is 5.54 Å². The van der Waals surface area contributed by atoms with Crippen LogP contribution in [0.25, 0.3) is 0 Å². The first-order valence-electron chi connectivity index (χ1n) is 7.02. The highest BCUT2D eigenvalue weighted by molar-refractivity contribution is 9.10. The van der Waals surface area contributed by atoms with Gasteiger partial charge in [-0.15, -0.1) is 0 Å². The number of benzene rings is 1. The number of hydrogen-bond acceptors (Lipinski definition) is 4. The summed E-state index contributed by atoms with van der Waals surface area (Å²) in [6, 6.07) is 0. The predicted octanol–water partition coefficient (Wildman–Crippen LogP) is 4.19. The van der Waals surface area contributed by atoms with Gasteiger partial charge in [-0.3, -0.25) is 0 Å². The highest BCUT2D eigenvalue weighted by atomic mass is 79.9. The maximum Gasteiger partial charge on any atom is 0.235 e. The van der Waals surface area contributed by atoms with Crippen LogP contribution < -0.4 is 9.47 Å². The largest absolute Gasteiger partial charge is 0.493 e. The average Bonchev–Trinajstić information content (AvgIpc) is 2.94. The number of carbonyl (C=O) groups excluding carboxylic acids is 1. The Kier molecular flexibility index (Phi) is 4.74. The lowest BCUT2D eigenvalue weighted by Crippen LogP contribution is -2.22. The van der Waals surface area contributed by atoms with Crippen molar-refractivity contribution in [2.24, 2.45) is 4.99 Å². The maximum absolute atomic E-state index is 11.0. The number of rotatable bonds is 4. The van der Waals surface area contributed by atoms with Crippen LogP contribution in [0.3, 0.4) is 0 Å². The van der Waals surface area contributed by atoms with E-state index in [1.807, 2.05) is 13.8 Å². The van der Waals surface area contributed by atoms with Gasteiger partial charge in [0.15, 0.2) is 11.5 Å². The van der Waals surface area contributed by atoms with E-state index in [4.69, 9.17) is 9.47 Å². The lowest BCUT2D eigenvalue weighted by Gasteiger charge is -2.29. The minimum atomic E-state index is -0.541. The zero-order chi connectivity index (χ0) is 15.6. The molecule has 0 aliphatic heterocycles. The molecule has 1 aromatic carbocycles. The molecule has 4 nitrogen and oxygen atoms in total. The van der Waals surface area contributed by atoms with Crippen molar-refractivity contribution in [1.29, 1.82) is 0 Å². The van der Waals surface area contributed by atoms with Crippen LogP contribution in [-0.4, -0.2) is 20.3 Å². The number of isocyanates is 1. The Morgan fingerprint density at radius 2 is 1.67 bits per heavy atom. The Bertz CT molecular complexity index is 600. The van der Waals surface area contributed by atoms with Gasteiger partial charge in [-0.25, -0.2) is 4.79 Å². The zero-order valence-corrected chi connectivity index (χ0v) is 14.5. The molecule has 0 unspecified atom stereocenters. The Balaban J connectivity index is 2.84. The minimum absolute atomic E-state index is 0.541. The van der Waals surface area contributed by atoms with E-state index in [0.717, 1.165) is 46.8 Å². The molecule has 0 radical (unpaired) electrons. The third kappa shape index (κ3) is 2.49. The molecule has 2 rings (SSSR count). The number of hydrogen-bond donors (Lipinski definition) is 0. The Hall–Kier alpha value is -1.32. The van der Waals surface area contributed by atoms with Crippen molar-refractivity contribution in [3.8, 4) is 11.5 Å². The fourth-order valence-electron chi connectivity index (χ4n) is 3.41. The molecule has 0 saturated heterocycles. The first-order valence-corrected chi connectivity index (χ1v) is 7.82. The summed E-state index contributed by atoms with van der Waals surface area (Å²) in [5.74, 6) is 1.37. The maximum atomic E-state index is 11.0. The van der Waals surface area contributed by atoms with Gasteiger partial charge in [-0.1, -0.05) is 28.8 Å². The van der Waals surface area contributed by atoms with Crippen molar-refractivity contribution in [1.82, 2.24) is 0 Å². The van der Waals surface area contributed by atoms with Crippen LogP contribution in [0.1, 0.15) is 42.4 Å². The Morgan fingerprint density at radius 3 is 2.14 bits per heavy atom. The fourth-order valence-corrected chi connectivity index (χ4v) is 3.79. The molecule has 0 N–H and O–H groups in total. The van der Waals surface area contributed by atoms with E-state index in [-0.39, 0.29) is 0 Å². The highest BCUT2D eigenvalue weighted by Crippen LogP contribution is 2.52. The first-order chi connectivity index (χ1) is 10.0. The van der Waals surface area contributed by atoms with Crippen molar-refractivity contribution in [2.45, 2.75) is 45.1 Å². The summed E-state index contributed by atoms with van der Waals surface area (Å²) in [6.07, 6.45) is 5.51. The van der Waals surface area contributed by atoms with Crippen molar-refractivity contribution in [3.05, 3.63) is 21.2 Å². The molecule has 0 bridgehead atoms. The van der Waals surface area contributed by atoms with Crippen LogP contribution in [0.15, 0.2) is 9.47 Å². The first kappa shape index (κ1) is 16.1. The van der Waals surface area contributed by atoms with Gasteiger partial charge < -0.3 is 9.47 Å². The molecule has 0 atom stereocenters. The molecule has 5 heteroatoms. The van der Waals surface area contributed by atoms with Gasteiger partial charge in [-0.05, 0) is 32.3 Å². The molecular weight excluding hydrogens is 334 g/mol. The second-order valence-electron chi connectivity index (χ2n) is 5.45. The smallest absolute Gasteiger partial charge is 0.235 e. The van der Waals surface area contributed by atoms with E-state index in [0.29, 0.717) is 11.5 Å². The molecule has 0 aromatic heterocycles. The van der Waals surface area contributed by atoms with Gasteiger partial charge in [0.1, 0.15) is 5.54 Å². The predicted molar refractivity (Wildman–Crippen MR) is 85.0 cm³/mol. The molecular formula is C16H20BrNO3. The van der Waals surface area contributed by atoms with E-state index in [1.54, 1.807) is 20.3 Å². The van der Waals surface area contributed by atoms with Crippen LogP contribution in [0, 0.1) is 13.8 Å². The Labute approximate surface area is 133 Å². The van der Waals surface area contributed by atoms with E-state index in [1.165, 1.54) is 0 Å². The minimum Gasteiger partial charge on any atom is -0.493 e. The van der Waals surface area contributed by atoms with Gasteiger partial charge in [0, 0.05) is 15.6 Å². The van der Waals surface area contributed by atoms with E-state index in [9.17, 15) is 4.79 Å². The molecule has 21 heavy (non-hydrogen) atoms. The molecule has 0 amide bonds. The lowest BCUT2D eigenvalue weighted by atomic mass is 9.84. The third-order valence-corrected chi connectivity index (χ3v) is 5.56. The Morgan fingerprint density at radius 1 is 1.10 bits per heavy atom. The SMILES string of the molecule is COc1c(C)c(Br)c(C)c(C2(N=C=O)CCCC2)c1OC. The van der Waals surface area contributed by atoms with Gasteiger partial charge in [0.2, 0.25) is 6.08 Å². The van der Waals surface area contributed by atoms with E-state index in [2.05, 4.69) is 20.9 Å². The molecule has 0 spiro atoms. The highest BCUT2D eigenvalue weighted by Gasteiger charge is 2.41. The number of aliphatic imine (C=N–C) groups is 1. The second kappa shape index (κ2) is 6.20. The summed E-state index contributed by atoms with van der Waals surface area (Å²) in [5.41, 5.74) is 2.44. The van der Waals surface area contributed by atoms with E-state index >= 15 is 0 Å². The van der Waals surface area contributed by atoms with Crippen LogP contribution >= 0.6 is 15.9 Å². The lowest BCUT2D eigenvalue weighted by molar-refractivity contribution is 0.334. The quantitative estimate of drug-likeness (QED) is 0.602. The normalized spacial score (nSPS) is 16.4. The standard InChI is InChI=1S/C16H20BrNO3/c1-10-12(16(18-9-19)7-5-6-8-16)15(21-4)14(20-3)11(2)13(10)17/h5-8H2,1-4H3. The van der Waals surface area contributed by atoms with Crippen molar-refractivity contribution >= 4 is 22.0 Å². The number of nitrogens with zero attached hydrogens (tertiary/aromatic N) is 1. The van der Waals surface area contributed by atoms with Gasteiger partial charge in [0.05, 0.1) is 14.2 Å². The summed E-state index contributed by atoms with van der Waals surface area (Å²) in [7, 11) is 3.25. The van der Waals surface area contributed by atoms with Crippen LogP contribution in [0.4, 0.5) is 0 Å². The van der Waals surface area contributed by atoms with Crippen molar-refractivity contribution in [3.63, 3.8) is 0 Å². The molecule has 1 aliphatic rings. The van der Waals surface area contributed by atoms with Gasteiger partial charge in [-0.2, -0.15) is 4.99 Å². The van der Waals surface area contributed by atoms with Crippen LogP contribution in [0.5, 0.6) is 11.5 Å². The summed E-state index contributed by atoms with van der Waals surface area (Å²) in [5, 5.41) is 0. The summed E-state index contributed by atoms with van der Waals surface area (Å²) >= 11 is 3.63. The summed E-state index contributed by atoms with van der Waals surface area (Å²) in [6.45, 7) is 4.00. The monoisotopic (exact) mass is 353 g/mol. The molecule has 1 saturated carbocycles. The summed E-state index contributed by atoms with van der Waals surface area (Å²) in [4.78, 5) is 15.2. The van der Waals surface area contributed by atoms with Crippen LogP contribution in [0.2, 0.25) is 0 Å². The number of methoxy groups -OCH3 is 2. The van der Waals surface area contributed by atoms with Crippen molar-refractivity contribution in [2.75, 3.05) is 14.2 Å². The van der Waals surface area contributed by atoms with Crippen molar-refractivity contribution < 1.29 is 14.3 Å². The topological polar surface area (TPSA) is 47.9 Å². The molecule has 1 aliphatic carbocycles.